The third kappa shape index (κ3) is 6.17. The first-order valence-corrected chi connectivity index (χ1v) is 15.3. The third-order valence-corrected chi connectivity index (χ3v) is 9.22. The molecule has 6 rings (SSSR count). The van der Waals surface area contributed by atoms with E-state index < -0.39 is 17.2 Å². The van der Waals surface area contributed by atoms with Crippen LogP contribution in [0.5, 0.6) is 0 Å². The minimum absolute atomic E-state index is 0.218. The Balaban J connectivity index is 1.10. The summed E-state index contributed by atoms with van der Waals surface area (Å²) in [6, 6.07) is 29.5. The minimum Gasteiger partial charge on any atom is -0.468 e. The molecule has 0 radical (unpaired) electrons. The Hall–Kier alpha value is -4.65. The number of alkyl halides is 3. The number of anilines is 1. The molecule has 1 fully saturated rings. The monoisotopic (exact) mass is 609 g/mol. The van der Waals surface area contributed by atoms with Gasteiger partial charge in [-0.3, -0.25) is 9.59 Å². The normalized spacial score (nSPS) is 21.3. The highest BCUT2D eigenvalue weighted by molar-refractivity contribution is 6.08. The first kappa shape index (κ1) is 30.4. The molecular weight excluding hydrogens is 575 g/mol. The zero-order valence-electron chi connectivity index (χ0n) is 24.9. The molecule has 0 saturated heterocycles. The Bertz CT molecular complexity index is 1710. The summed E-state index contributed by atoms with van der Waals surface area (Å²) in [6.45, 7) is 0. The van der Waals surface area contributed by atoms with Crippen LogP contribution in [0.3, 0.4) is 0 Å². The number of ether oxygens (including phenoxy) is 1. The molecule has 0 spiro atoms. The second-order valence-electron chi connectivity index (χ2n) is 11.9. The largest absolute Gasteiger partial charge is 0.468 e. The topological polar surface area (TPSA) is 55.4 Å². The number of benzene rings is 4. The summed E-state index contributed by atoms with van der Waals surface area (Å²) in [6.07, 6.45) is 2.78. The van der Waals surface area contributed by atoms with Crippen LogP contribution in [-0.4, -0.2) is 19.0 Å². The van der Waals surface area contributed by atoms with E-state index in [1.807, 2.05) is 42.5 Å². The van der Waals surface area contributed by atoms with E-state index in [2.05, 4.69) is 23.5 Å². The Labute approximate surface area is 260 Å². The molecule has 0 bridgehead atoms. The van der Waals surface area contributed by atoms with Gasteiger partial charge < -0.3 is 10.1 Å². The van der Waals surface area contributed by atoms with Gasteiger partial charge in [0.2, 0.25) is 0 Å². The molecule has 1 amide bonds. The van der Waals surface area contributed by atoms with Crippen LogP contribution in [0.4, 0.5) is 18.9 Å². The smallest absolute Gasteiger partial charge is 0.416 e. The van der Waals surface area contributed by atoms with Gasteiger partial charge in [-0.1, -0.05) is 85.3 Å². The lowest BCUT2D eigenvalue weighted by Gasteiger charge is -2.21. The van der Waals surface area contributed by atoms with E-state index >= 15 is 0 Å². The first-order chi connectivity index (χ1) is 21.7. The summed E-state index contributed by atoms with van der Waals surface area (Å²) >= 11 is 0. The van der Waals surface area contributed by atoms with Gasteiger partial charge in [-0.15, -0.1) is 0 Å². The maximum Gasteiger partial charge on any atom is 0.416 e. The predicted octanol–water partition coefficient (Wildman–Crippen LogP) is 9.34. The second kappa shape index (κ2) is 12.4. The predicted molar refractivity (Wildman–Crippen MR) is 169 cm³/mol. The maximum atomic E-state index is 13.3. The van der Waals surface area contributed by atoms with Crippen molar-refractivity contribution >= 4 is 17.6 Å². The number of hydrogen-bond donors (Lipinski definition) is 1. The summed E-state index contributed by atoms with van der Waals surface area (Å²) in [5, 5.41) is 2.95. The van der Waals surface area contributed by atoms with E-state index in [-0.39, 0.29) is 11.9 Å². The van der Waals surface area contributed by atoms with Crippen LogP contribution in [0.2, 0.25) is 0 Å². The fourth-order valence-electron chi connectivity index (χ4n) is 6.80. The van der Waals surface area contributed by atoms with Gasteiger partial charge in [0.15, 0.2) is 0 Å². The molecule has 0 aliphatic heterocycles. The molecule has 2 aliphatic carbocycles. The van der Waals surface area contributed by atoms with Gasteiger partial charge in [0.05, 0.1) is 12.7 Å². The van der Waals surface area contributed by atoms with Crippen LogP contribution in [0.15, 0.2) is 115 Å². The van der Waals surface area contributed by atoms with Crippen LogP contribution < -0.4 is 5.32 Å². The number of carbonyl (C=O) groups is 2. The summed E-state index contributed by atoms with van der Waals surface area (Å²) in [4.78, 5) is 26.2. The molecule has 2 aliphatic rings. The number of methoxy groups -OCH3 is 1. The average Bonchev–Trinajstić information content (AvgIpc) is 3.86. The molecular formula is C38H34F3NO3. The van der Waals surface area contributed by atoms with Gasteiger partial charge in [-0.25, -0.2) is 0 Å². The Morgan fingerprint density at radius 3 is 2.11 bits per heavy atom. The molecule has 1 saturated carbocycles. The summed E-state index contributed by atoms with van der Waals surface area (Å²) in [5.41, 5.74) is 4.01. The zero-order chi connectivity index (χ0) is 31.6. The standard InChI is InChI=1S/C38H34F3NO3/c1-45-36(44)37(29-10-3-2-4-11-29)24-34(37)28-9-7-8-25(14-15-28)26-18-22-31(23-19-26)42-35(43)33-13-6-5-12-32(33)27-16-20-30(21-17-27)38(39,40)41/h2-6,10-13,16-25,28H,7-9,14-15H2,1H3,(H,42,43). The van der Waals surface area contributed by atoms with Crippen LogP contribution in [0.1, 0.15) is 65.1 Å². The van der Waals surface area contributed by atoms with Gasteiger partial charge in [0.25, 0.3) is 5.91 Å². The average molecular weight is 610 g/mol. The van der Waals surface area contributed by atoms with Gasteiger partial charge in [0.1, 0.15) is 5.41 Å². The van der Waals surface area contributed by atoms with Crippen molar-refractivity contribution in [3.63, 3.8) is 0 Å². The number of nitrogens with one attached hydrogen (secondary N) is 1. The van der Waals surface area contributed by atoms with E-state index in [4.69, 9.17) is 4.74 Å². The fraction of sp³-hybridized carbons (Fsp3) is 0.263. The highest BCUT2D eigenvalue weighted by Gasteiger charge is 2.55. The highest BCUT2D eigenvalue weighted by atomic mass is 19.4. The number of halogens is 3. The number of hydrogen-bond acceptors (Lipinski definition) is 3. The SMILES string of the molecule is COC(=O)C1(c2ccccc2)C=C1C1CCCC(c2ccc(NC(=O)c3ccccc3-c3ccc(C(F)(F)F)cc3)cc2)CC1. The molecule has 4 nitrogen and oxygen atoms in total. The van der Waals surface area contributed by atoms with Crippen LogP contribution in [0.25, 0.3) is 11.1 Å². The van der Waals surface area contributed by atoms with Crippen molar-refractivity contribution < 1.29 is 27.5 Å². The van der Waals surface area contributed by atoms with Crippen LogP contribution in [0, 0.1) is 5.92 Å². The Morgan fingerprint density at radius 1 is 0.778 bits per heavy atom. The minimum atomic E-state index is -4.42. The summed E-state index contributed by atoms with van der Waals surface area (Å²) in [7, 11) is 1.45. The Morgan fingerprint density at radius 2 is 1.42 bits per heavy atom. The lowest BCUT2D eigenvalue weighted by Crippen LogP contribution is -2.27. The van der Waals surface area contributed by atoms with Crippen LogP contribution >= 0.6 is 0 Å². The lowest BCUT2D eigenvalue weighted by molar-refractivity contribution is -0.143. The molecule has 0 heterocycles. The second-order valence-corrected chi connectivity index (χ2v) is 11.9. The van der Waals surface area contributed by atoms with E-state index in [9.17, 15) is 22.8 Å². The quantitative estimate of drug-likeness (QED) is 0.129. The molecule has 7 heteroatoms. The van der Waals surface area contributed by atoms with Gasteiger partial charge in [0, 0.05) is 11.3 Å². The van der Waals surface area contributed by atoms with E-state index in [1.54, 1.807) is 24.3 Å². The fourth-order valence-corrected chi connectivity index (χ4v) is 6.80. The first-order valence-electron chi connectivity index (χ1n) is 15.3. The van der Waals surface area contributed by atoms with E-state index in [0.717, 1.165) is 49.8 Å². The van der Waals surface area contributed by atoms with Crippen molar-refractivity contribution in [2.75, 3.05) is 12.4 Å². The molecule has 230 valence electrons. The third-order valence-electron chi connectivity index (χ3n) is 9.22. The van der Waals surface area contributed by atoms with E-state index in [1.165, 1.54) is 30.4 Å². The number of esters is 1. The van der Waals surface area contributed by atoms with Crippen molar-refractivity contribution in [3.05, 3.63) is 137 Å². The zero-order valence-corrected chi connectivity index (χ0v) is 24.9. The van der Waals surface area contributed by atoms with Gasteiger partial charge >= 0.3 is 12.1 Å². The van der Waals surface area contributed by atoms with Crippen molar-refractivity contribution in [3.8, 4) is 11.1 Å². The number of amides is 1. The number of carbonyl (C=O) groups excluding carboxylic acids is 2. The summed E-state index contributed by atoms with van der Waals surface area (Å²) < 4.78 is 44.3. The molecule has 4 aromatic carbocycles. The van der Waals surface area contributed by atoms with Crippen molar-refractivity contribution in [2.24, 2.45) is 5.92 Å². The van der Waals surface area contributed by atoms with Crippen molar-refractivity contribution in [1.29, 1.82) is 0 Å². The molecule has 4 aromatic rings. The lowest BCUT2D eigenvalue weighted by atomic mass is 9.83. The molecule has 3 atom stereocenters. The number of rotatable bonds is 7. The molecule has 45 heavy (non-hydrogen) atoms. The highest BCUT2D eigenvalue weighted by Crippen LogP contribution is 2.55. The molecule has 0 aromatic heterocycles. The van der Waals surface area contributed by atoms with Gasteiger partial charge in [-0.2, -0.15) is 13.2 Å². The van der Waals surface area contributed by atoms with Gasteiger partial charge in [-0.05, 0) is 95.7 Å². The Kier molecular flexibility index (Phi) is 8.36. The molecule has 1 N–H and O–H groups in total. The maximum absolute atomic E-state index is 13.3. The molecule has 3 unspecified atom stereocenters. The van der Waals surface area contributed by atoms with Crippen LogP contribution in [-0.2, 0) is 21.1 Å². The van der Waals surface area contributed by atoms with E-state index in [0.29, 0.717) is 34.2 Å². The summed E-state index contributed by atoms with van der Waals surface area (Å²) in [5.74, 6) is 0.159. The van der Waals surface area contributed by atoms with Crippen molar-refractivity contribution in [2.45, 2.75) is 49.6 Å². The van der Waals surface area contributed by atoms with Crippen molar-refractivity contribution in [1.82, 2.24) is 0 Å².